The molecule has 1 rings (SSSR count). The molecule has 0 heterocycles. The maximum atomic E-state index is 13.3. The average molecular weight is 295 g/mol. The van der Waals surface area contributed by atoms with E-state index in [9.17, 15) is 9.18 Å². The molecule has 21 heavy (non-hydrogen) atoms. The lowest BCUT2D eigenvalue weighted by Gasteiger charge is -2.18. The van der Waals surface area contributed by atoms with Gasteiger partial charge in [-0.1, -0.05) is 25.5 Å². The maximum Gasteiger partial charge on any atom is 0.307 e. The number of hydrogen-bond acceptors (Lipinski definition) is 3. The number of carbonyl (C=O) groups excluding carboxylic acids is 1. The number of ether oxygens (including phenoxy) is 1. The van der Waals surface area contributed by atoms with Crippen LogP contribution >= 0.6 is 0 Å². The summed E-state index contributed by atoms with van der Waals surface area (Å²) in [4.78, 5) is 11.7. The second-order valence-corrected chi connectivity index (χ2v) is 5.30. The van der Waals surface area contributed by atoms with E-state index in [4.69, 9.17) is 4.74 Å². The Morgan fingerprint density at radius 1 is 1.38 bits per heavy atom. The fraction of sp³-hybridized carbons (Fsp3) is 0.588. The molecule has 0 radical (unpaired) electrons. The molecule has 1 aromatic rings. The summed E-state index contributed by atoms with van der Waals surface area (Å²) >= 11 is 0. The SMILES string of the molecule is CCCCNC(CC(=O)OCC)Cc1ccc(F)c(C)c1. The highest BCUT2D eigenvalue weighted by molar-refractivity contribution is 5.70. The predicted molar refractivity (Wildman–Crippen MR) is 82.8 cm³/mol. The Kier molecular flexibility index (Phi) is 7.98. The summed E-state index contributed by atoms with van der Waals surface area (Å²) in [7, 11) is 0. The second kappa shape index (κ2) is 9.50. The number of unbranched alkanes of at least 4 members (excludes halogenated alkanes) is 1. The quantitative estimate of drug-likeness (QED) is 0.560. The topological polar surface area (TPSA) is 38.3 Å². The first-order chi connectivity index (χ1) is 10.1. The summed E-state index contributed by atoms with van der Waals surface area (Å²) in [6, 6.07) is 5.13. The molecule has 0 saturated heterocycles. The fourth-order valence-corrected chi connectivity index (χ4v) is 2.24. The van der Waals surface area contributed by atoms with E-state index in [2.05, 4.69) is 12.2 Å². The molecule has 0 fully saturated rings. The van der Waals surface area contributed by atoms with Gasteiger partial charge < -0.3 is 10.1 Å². The summed E-state index contributed by atoms with van der Waals surface area (Å²) in [5.74, 6) is -0.384. The van der Waals surface area contributed by atoms with Gasteiger partial charge in [0, 0.05) is 6.04 Å². The summed E-state index contributed by atoms with van der Waals surface area (Å²) in [5.41, 5.74) is 1.67. The highest BCUT2D eigenvalue weighted by Gasteiger charge is 2.15. The Hall–Kier alpha value is -1.42. The number of rotatable bonds is 9. The van der Waals surface area contributed by atoms with Crippen LogP contribution in [0.15, 0.2) is 18.2 Å². The lowest BCUT2D eigenvalue weighted by Crippen LogP contribution is -2.34. The zero-order chi connectivity index (χ0) is 15.7. The van der Waals surface area contributed by atoms with Gasteiger partial charge >= 0.3 is 5.97 Å². The van der Waals surface area contributed by atoms with Crippen LogP contribution in [0.1, 0.15) is 44.2 Å². The lowest BCUT2D eigenvalue weighted by atomic mass is 10.0. The molecule has 0 aliphatic carbocycles. The van der Waals surface area contributed by atoms with Crippen LogP contribution in [0, 0.1) is 12.7 Å². The van der Waals surface area contributed by atoms with E-state index in [0.29, 0.717) is 25.0 Å². The van der Waals surface area contributed by atoms with Gasteiger partial charge in [-0.2, -0.15) is 0 Å². The second-order valence-electron chi connectivity index (χ2n) is 5.30. The van der Waals surface area contributed by atoms with Crippen LogP contribution in [-0.4, -0.2) is 25.2 Å². The molecule has 4 heteroatoms. The molecule has 0 aliphatic rings. The number of halogens is 1. The Labute approximate surface area is 126 Å². The number of esters is 1. The molecule has 0 aromatic heterocycles. The lowest BCUT2D eigenvalue weighted by molar-refractivity contribution is -0.143. The Morgan fingerprint density at radius 2 is 2.14 bits per heavy atom. The van der Waals surface area contributed by atoms with Crippen molar-refractivity contribution in [2.24, 2.45) is 0 Å². The molecule has 1 unspecified atom stereocenters. The van der Waals surface area contributed by atoms with Crippen LogP contribution in [0.25, 0.3) is 0 Å². The third-order valence-electron chi connectivity index (χ3n) is 3.39. The number of carbonyl (C=O) groups is 1. The van der Waals surface area contributed by atoms with Gasteiger partial charge in [0.1, 0.15) is 5.82 Å². The van der Waals surface area contributed by atoms with Crippen molar-refractivity contribution in [2.45, 2.75) is 52.5 Å². The zero-order valence-electron chi connectivity index (χ0n) is 13.2. The maximum absolute atomic E-state index is 13.3. The van der Waals surface area contributed by atoms with Gasteiger partial charge in [0.2, 0.25) is 0 Å². The third-order valence-corrected chi connectivity index (χ3v) is 3.39. The molecule has 3 nitrogen and oxygen atoms in total. The smallest absolute Gasteiger partial charge is 0.307 e. The first-order valence-electron chi connectivity index (χ1n) is 7.70. The van der Waals surface area contributed by atoms with Gasteiger partial charge in [-0.25, -0.2) is 4.39 Å². The van der Waals surface area contributed by atoms with Crippen LogP contribution < -0.4 is 5.32 Å². The number of hydrogen-bond donors (Lipinski definition) is 1. The number of aryl methyl sites for hydroxylation is 1. The van der Waals surface area contributed by atoms with Crippen LogP contribution in [0.5, 0.6) is 0 Å². The molecule has 0 aliphatic heterocycles. The molecular weight excluding hydrogens is 269 g/mol. The minimum absolute atomic E-state index is 0.0282. The van der Waals surface area contributed by atoms with Crippen molar-refractivity contribution in [1.82, 2.24) is 5.32 Å². The van der Waals surface area contributed by atoms with E-state index in [0.717, 1.165) is 24.9 Å². The monoisotopic (exact) mass is 295 g/mol. The van der Waals surface area contributed by atoms with E-state index >= 15 is 0 Å². The molecule has 1 atom stereocenters. The van der Waals surface area contributed by atoms with E-state index in [-0.39, 0.29) is 17.8 Å². The molecule has 1 N–H and O–H groups in total. The van der Waals surface area contributed by atoms with Crippen molar-refractivity contribution in [3.8, 4) is 0 Å². The van der Waals surface area contributed by atoms with Crippen molar-refractivity contribution in [1.29, 1.82) is 0 Å². The Balaban J connectivity index is 2.65. The summed E-state index contributed by atoms with van der Waals surface area (Å²) in [6.45, 7) is 6.97. The average Bonchev–Trinajstić information content (AvgIpc) is 2.43. The summed E-state index contributed by atoms with van der Waals surface area (Å²) in [6.07, 6.45) is 3.22. The van der Waals surface area contributed by atoms with Crippen LogP contribution in [0.2, 0.25) is 0 Å². The molecule has 0 amide bonds. The standard InChI is InChI=1S/C17H26FNO2/c1-4-6-9-19-15(12-17(20)21-5-2)11-14-7-8-16(18)13(3)10-14/h7-8,10,15,19H,4-6,9,11-12H2,1-3H3. The van der Waals surface area contributed by atoms with Gasteiger partial charge in [-0.15, -0.1) is 0 Å². The Morgan fingerprint density at radius 3 is 2.76 bits per heavy atom. The fourth-order valence-electron chi connectivity index (χ4n) is 2.24. The summed E-state index contributed by atoms with van der Waals surface area (Å²) in [5, 5.41) is 3.40. The van der Waals surface area contributed by atoms with E-state index in [1.54, 1.807) is 19.9 Å². The van der Waals surface area contributed by atoms with Crippen molar-refractivity contribution in [3.05, 3.63) is 35.1 Å². The number of benzene rings is 1. The predicted octanol–water partition coefficient (Wildman–Crippen LogP) is 3.39. The van der Waals surface area contributed by atoms with Crippen molar-refractivity contribution >= 4 is 5.97 Å². The van der Waals surface area contributed by atoms with Gasteiger partial charge in [0.25, 0.3) is 0 Å². The zero-order valence-corrected chi connectivity index (χ0v) is 13.2. The van der Waals surface area contributed by atoms with Crippen LogP contribution in [-0.2, 0) is 16.0 Å². The molecule has 1 aromatic carbocycles. The van der Waals surface area contributed by atoms with Gasteiger partial charge in [0.05, 0.1) is 13.0 Å². The highest BCUT2D eigenvalue weighted by atomic mass is 19.1. The molecule has 118 valence electrons. The van der Waals surface area contributed by atoms with Gasteiger partial charge in [-0.3, -0.25) is 4.79 Å². The number of nitrogens with one attached hydrogen (secondary N) is 1. The van der Waals surface area contributed by atoms with Crippen LogP contribution in [0.4, 0.5) is 4.39 Å². The minimum Gasteiger partial charge on any atom is -0.466 e. The normalized spacial score (nSPS) is 12.2. The van der Waals surface area contributed by atoms with E-state index < -0.39 is 0 Å². The largest absolute Gasteiger partial charge is 0.466 e. The molecular formula is C17H26FNO2. The van der Waals surface area contributed by atoms with Crippen LogP contribution in [0.3, 0.4) is 0 Å². The minimum atomic E-state index is -0.195. The van der Waals surface area contributed by atoms with Gasteiger partial charge in [-0.05, 0) is 50.4 Å². The Bertz CT molecular complexity index is 448. The van der Waals surface area contributed by atoms with E-state index in [1.807, 2.05) is 6.07 Å². The molecule has 0 saturated carbocycles. The highest BCUT2D eigenvalue weighted by Crippen LogP contribution is 2.13. The van der Waals surface area contributed by atoms with Crippen molar-refractivity contribution in [2.75, 3.05) is 13.2 Å². The van der Waals surface area contributed by atoms with E-state index in [1.165, 1.54) is 6.07 Å². The third kappa shape index (κ3) is 6.71. The molecule has 0 bridgehead atoms. The van der Waals surface area contributed by atoms with Gasteiger partial charge in [0.15, 0.2) is 0 Å². The molecule has 0 spiro atoms. The van der Waals surface area contributed by atoms with Crippen molar-refractivity contribution < 1.29 is 13.9 Å². The first kappa shape index (κ1) is 17.6. The van der Waals surface area contributed by atoms with Crippen molar-refractivity contribution in [3.63, 3.8) is 0 Å². The summed E-state index contributed by atoms with van der Waals surface area (Å²) < 4.78 is 18.3. The first-order valence-corrected chi connectivity index (χ1v) is 7.70.